The van der Waals surface area contributed by atoms with Crippen molar-refractivity contribution in [3.05, 3.63) is 47.5 Å². The normalized spacial score (nSPS) is 32.4. The van der Waals surface area contributed by atoms with Crippen LogP contribution in [0.1, 0.15) is 54.4 Å². The summed E-state index contributed by atoms with van der Waals surface area (Å²) < 4.78 is 0. The third kappa shape index (κ3) is 2.45. The van der Waals surface area contributed by atoms with Gasteiger partial charge in [0.15, 0.2) is 0 Å². The Kier molecular flexibility index (Phi) is 3.22. The molecule has 0 amide bonds. The van der Waals surface area contributed by atoms with Crippen molar-refractivity contribution in [3.8, 4) is 11.8 Å². The SMILES string of the molecule is O=C(O)c1c(C#CC23CC4CC(CC(C4)C2)C3)ccc2ccccc12. The van der Waals surface area contributed by atoms with Crippen molar-refractivity contribution in [2.45, 2.75) is 38.5 Å². The van der Waals surface area contributed by atoms with Crippen LogP contribution in [0.2, 0.25) is 0 Å². The number of carbonyl (C=O) groups is 1. The van der Waals surface area contributed by atoms with Crippen LogP contribution in [0.25, 0.3) is 10.8 Å². The first-order valence-electron chi connectivity index (χ1n) is 9.40. The molecule has 2 heteroatoms. The number of fused-ring (bicyclic) bond motifs is 1. The monoisotopic (exact) mass is 330 g/mol. The van der Waals surface area contributed by atoms with E-state index in [0.717, 1.165) is 28.5 Å². The quantitative estimate of drug-likeness (QED) is 0.738. The summed E-state index contributed by atoms with van der Waals surface area (Å²) in [5.41, 5.74) is 1.17. The summed E-state index contributed by atoms with van der Waals surface area (Å²) in [5, 5.41) is 11.5. The number of aromatic carboxylic acids is 1. The van der Waals surface area contributed by atoms with Crippen molar-refractivity contribution in [1.29, 1.82) is 0 Å². The Labute approximate surface area is 148 Å². The van der Waals surface area contributed by atoms with Crippen LogP contribution >= 0.6 is 0 Å². The van der Waals surface area contributed by atoms with Gasteiger partial charge in [-0.15, -0.1) is 0 Å². The van der Waals surface area contributed by atoms with Crippen LogP contribution in [-0.4, -0.2) is 11.1 Å². The van der Waals surface area contributed by atoms with E-state index in [1.165, 1.54) is 38.5 Å². The van der Waals surface area contributed by atoms with E-state index in [1.54, 1.807) is 0 Å². The average molecular weight is 330 g/mol. The molecule has 0 aromatic heterocycles. The molecule has 25 heavy (non-hydrogen) atoms. The summed E-state index contributed by atoms with van der Waals surface area (Å²) in [6.45, 7) is 0. The Morgan fingerprint density at radius 1 is 0.960 bits per heavy atom. The van der Waals surface area contributed by atoms with Gasteiger partial charge in [-0.25, -0.2) is 4.79 Å². The predicted octanol–water partition coefficient (Wildman–Crippen LogP) is 5.11. The van der Waals surface area contributed by atoms with E-state index in [0.29, 0.717) is 11.1 Å². The van der Waals surface area contributed by atoms with E-state index in [1.807, 2.05) is 36.4 Å². The molecule has 2 nitrogen and oxygen atoms in total. The van der Waals surface area contributed by atoms with Crippen LogP contribution in [0.15, 0.2) is 36.4 Å². The number of carboxylic acids is 1. The number of hydrogen-bond acceptors (Lipinski definition) is 1. The maximum Gasteiger partial charge on any atom is 0.337 e. The number of hydrogen-bond donors (Lipinski definition) is 1. The molecule has 4 saturated carbocycles. The first-order valence-corrected chi connectivity index (χ1v) is 9.40. The van der Waals surface area contributed by atoms with Gasteiger partial charge < -0.3 is 5.11 Å². The molecule has 2 aromatic carbocycles. The first kappa shape index (κ1) is 15.0. The van der Waals surface area contributed by atoms with Crippen molar-refractivity contribution in [2.75, 3.05) is 0 Å². The minimum absolute atomic E-state index is 0.149. The van der Waals surface area contributed by atoms with E-state index in [2.05, 4.69) is 11.8 Å². The molecule has 1 N–H and O–H groups in total. The maximum absolute atomic E-state index is 11.9. The molecule has 0 unspecified atom stereocenters. The summed E-state index contributed by atoms with van der Waals surface area (Å²) in [6.07, 6.45) is 7.87. The van der Waals surface area contributed by atoms with Gasteiger partial charge in [0.2, 0.25) is 0 Å². The molecule has 4 aliphatic carbocycles. The van der Waals surface area contributed by atoms with Crippen LogP contribution in [0, 0.1) is 35.0 Å². The van der Waals surface area contributed by atoms with Gasteiger partial charge in [0.05, 0.1) is 5.56 Å². The lowest BCUT2D eigenvalue weighted by atomic mass is 9.50. The molecule has 0 heterocycles. The highest BCUT2D eigenvalue weighted by Gasteiger charge is 2.50. The third-order valence-electron chi connectivity index (χ3n) is 6.64. The second-order valence-corrected chi connectivity index (χ2v) is 8.46. The van der Waals surface area contributed by atoms with E-state index < -0.39 is 5.97 Å². The largest absolute Gasteiger partial charge is 0.478 e. The highest BCUT2D eigenvalue weighted by molar-refractivity contribution is 6.05. The zero-order chi connectivity index (χ0) is 17.0. The number of benzene rings is 2. The Bertz CT molecular complexity index is 893. The molecule has 0 spiro atoms. The van der Waals surface area contributed by atoms with Gasteiger partial charge in [-0.2, -0.15) is 0 Å². The van der Waals surface area contributed by atoms with E-state index in [-0.39, 0.29) is 5.41 Å². The van der Waals surface area contributed by atoms with Crippen LogP contribution in [0.4, 0.5) is 0 Å². The Balaban J connectivity index is 1.58. The van der Waals surface area contributed by atoms with E-state index in [4.69, 9.17) is 0 Å². The zero-order valence-electron chi connectivity index (χ0n) is 14.3. The van der Waals surface area contributed by atoms with Gasteiger partial charge in [0.25, 0.3) is 0 Å². The van der Waals surface area contributed by atoms with Crippen molar-refractivity contribution in [2.24, 2.45) is 23.2 Å². The van der Waals surface area contributed by atoms with Crippen LogP contribution in [0.3, 0.4) is 0 Å². The second kappa shape index (κ2) is 5.36. The third-order valence-corrected chi connectivity index (χ3v) is 6.64. The number of carboxylic acid groups (broad SMARTS) is 1. The van der Waals surface area contributed by atoms with Crippen molar-refractivity contribution >= 4 is 16.7 Å². The Hall–Kier alpha value is -2.27. The lowest BCUT2D eigenvalue weighted by Crippen LogP contribution is -2.45. The van der Waals surface area contributed by atoms with Gasteiger partial charge >= 0.3 is 5.97 Å². The topological polar surface area (TPSA) is 37.3 Å². The molecule has 4 fully saturated rings. The molecule has 126 valence electrons. The van der Waals surface area contributed by atoms with Gasteiger partial charge in [-0.1, -0.05) is 42.2 Å². The van der Waals surface area contributed by atoms with Gasteiger partial charge in [0, 0.05) is 11.0 Å². The predicted molar refractivity (Wildman–Crippen MR) is 98.4 cm³/mol. The minimum atomic E-state index is -0.883. The Morgan fingerprint density at radius 3 is 2.24 bits per heavy atom. The van der Waals surface area contributed by atoms with Gasteiger partial charge in [0.1, 0.15) is 0 Å². The Morgan fingerprint density at radius 2 is 1.60 bits per heavy atom. The van der Waals surface area contributed by atoms with Crippen molar-refractivity contribution < 1.29 is 9.90 Å². The van der Waals surface area contributed by atoms with Crippen LogP contribution < -0.4 is 0 Å². The minimum Gasteiger partial charge on any atom is -0.478 e. The zero-order valence-corrected chi connectivity index (χ0v) is 14.3. The summed E-state index contributed by atoms with van der Waals surface area (Å²) in [4.78, 5) is 11.9. The fourth-order valence-electron chi connectivity index (χ4n) is 6.07. The molecule has 0 saturated heterocycles. The molecule has 6 rings (SSSR count). The maximum atomic E-state index is 11.9. The van der Waals surface area contributed by atoms with Crippen molar-refractivity contribution in [3.63, 3.8) is 0 Å². The van der Waals surface area contributed by atoms with Crippen LogP contribution in [0.5, 0.6) is 0 Å². The summed E-state index contributed by atoms with van der Waals surface area (Å²) in [6, 6.07) is 11.6. The highest BCUT2D eigenvalue weighted by atomic mass is 16.4. The summed E-state index contributed by atoms with van der Waals surface area (Å²) in [5.74, 6) is 8.59. The second-order valence-electron chi connectivity index (χ2n) is 8.46. The molecule has 0 aliphatic heterocycles. The smallest absolute Gasteiger partial charge is 0.337 e. The molecule has 0 radical (unpaired) electrons. The lowest BCUT2D eigenvalue weighted by Gasteiger charge is -2.54. The summed E-state index contributed by atoms with van der Waals surface area (Å²) in [7, 11) is 0. The van der Waals surface area contributed by atoms with E-state index in [9.17, 15) is 9.90 Å². The fourth-order valence-corrected chi connectivity index (χ4v) is 6.07. The molecule has 0 atom stereocenters. The van der Waals surface area contributed by atoms with E-state index >= 15 is 0 Å². The molecule has 2 aromatic rings. The van der Waals surface area contributed by atoms with Gasteiger partial charge in [-0.05, 0) is 73.1 Å². The molecule has 4 aliphatic rings. The number of rotatable bonds is 1. The molecule has 4 bridgehead atoms. The standard InChI is InChI=1S/C23H22O2/c24-22(25)21-19(6-5-18-3-1-2-4-20(18)21)7-8-23-12-15-9-16(13-23)11-17(10-15)14-23/h1-6,15-17H,9-14H2,(H,24,25). The molecular weight excluding hydrogens is 308 g/mol. The van der Waals surface area contributed by atoms with Crippen LogP contribution in [-0.2, 0) is 0 Å². The highest BCUT2D eigenvalue weighted by Crippen LogP contribution is 2.59. The summed E-state index contributed by atoms with van der Waals surface area (Å²) >= 11 is 0. The van der Waals surface area contributed by atoms with Gasteiger partial charge in [-0.3, -0.25) is 0 Å². The lowest BCUT2D eigenvalue weighted by molar-refractivity contribution is -0.0181. The molecular formula is C23H22O2. The fraction of sp³-hybridized carbons (Fsp3) is 0.435. The average Bonchev–Trinajstić information content (AvgIpc) is 2.58. The first-order chi connectivity index (χ1) is 12.1. The van der Waals surface area contributed by atoms with Crippen molar-refractivity contribution in [1.82, 2.24) is 0 Å².